The number of alkyl halides is 3. The maximum Gasteiger partial charge on any atom is 0.573 e. The first-order chi connectivity index (χ1) is 14.9. The van der Waals surface area contributed by atoms with E-state index >= 15 is 0 Å². The van der Waals surface area contributed by atoms with E-state index in [2.05, 4.69) is 20.3 Å². The molecule has 0 unspecified atom stereocenters. The Labute approximate surface area is 174 Å². The number of nitrogens with one attached hydrogen (secondary N) is 1. The van der Waals surface area contributed by atoms with Crippen molar-refractivity contribution in [3.63, 3.8) is 0 Å². The molecule has 4 aromatic rings. The predicted octanol–water partition coefficient (Wildman–Crippen LogP) is 5.98. The first-order valence-corrected chi connectivity index (χ1v) is 9.15. The number of ether oxygens (including phenoxy) is 1. The van der Waals surface area contributed by atoms with Gasteiger partial charge in [-0.25, -0.2) is 4.39 Å². The highest BCUT2D eigenvalue weighted by molar-refractivity contribution is 5.53. The van der Waals surface area contributed by atoms with Crippen molar-refractivity contribution >= 4 is 5.69 Å². The van der Waals surface area contributed by atoms with Crippen LogP contribution in [0.15, 0.2) is 83.3 Å². The van der Waals surface area contributed by atoms with Gasteiger partial charge in [0.1, 0.15) is 17.6 Å². The van der Waals surface area contributed by atoms with E-state index in [4.69, 9.17) is 4.42 Å². The summed E-state index contributed by atoms with van der Waals surface area (Å²) in [6.07, 6.45) is -4.79. The monoisotopic (exact) mass is 429 g/mol. The Morgan fingerprint density at radius 3 is 2.19 bits per heavy atom. The first-order valence-electron chi connectivity index (χ1n) is 9.15. The molecule has 4 rings (SSSR count). The summed E-state index contributed by atoms with van der Waals surface area (Å²) < 4.78 is 61.3. The van der Waals surface area contributed by atoms with Gasteiger partial charge in [0.25, 0.3) is 0 Å². The molecule has 3 aromatic carbocycles. The minimum absolute atomic E-state index is 0.0968. The minimum Gasteiger partial charge on any atom is -0.418 e. The number of rotatable bonds is 6. The van der Waals surface area contributed by atoms with Crippen LogP contribution in [0.3, 0.4) is 0 Å². The Kier molecular flexibility index (Phi) is 5.57. The molecule has 0 saturated carbocycles. The van der Waals surface area contributed by atoms with E-state index in [0.717, 1.165) is 12.1 Å². The van der Waals surface area contributed by atoms with Gasteiger partial charge in [0, 0.05) is 16.8 Å². The molecule has 0 aliphatic rings. The zero-order valence-corrected chi connectivity index (χ0v) is 15.8. The second-order valence-corrected chi connectivity index (χ2v) is 6.48. The van der Waals surface area contributed by atoms with Crippen molar-refractivity contribution in [1.29, 1.82) is 0 Å². The molecular weight excluding hydrogens is 414 g/mol. The SMILES string of the molecule is Fc1ccccc1[C@H](Nc1ccc(OC(F)(F)F)cc1)c1nnc(-c2ccccc2)o1. The van der Waals surface area contributed by atoms with Crippen LogP contribution in [0.2, 0.25) is 0 Å². The molecule has 0 aliphatic carbocycles. The maximum absolute atomic E-state index is 14.5. The van der Waals surface area contributed by atoms with Gasteiger partial charge in [0.15, 0.2) is 0 Å². The van der Waals surface area contributed by atoms with E-state index in [1.807, 2.05) is 18.2 Å². The van der Waals surface area contributed by atoms with Crippen molar-refractivity contribution < 1.29 is 26.7 Å². The average Bonchev–Trinajstić information content (AvgIpc) is 3.23. The van der Waals surface area contributed by atoms with Crippen molar-refractivity contribution in [1.82, 2.24) is 10.2 Å². The number of hydrogen-bond acceptors (Lipinski definition) is 5. The van der Waals surface area contributed by atoms with Crippen molar-refractivity contribution in [2.45, 2.75) is 12.4 Å². The number of aromatic nitrogens is 2. The summed E-state index contributed by atoms with van der Waals surface area (Å²) in [5, 5.41) is 11.1. The van der Waals surface area contributed by atoms with Gasteiger partial charge in [-0.05, 0) is 42.5 Å². The lowest BCUT2D eigenvalue weighted by molar-refractivity contribution is -0.274. The second kappa shape index (κ2) is 8.47. The molecule has 0 aliphatic heterocycles. The molecule has 1 N–H and O–H groups in total. The van der Waals surface area contributed by atoms with Gasteiger partial charge in [0.2, 0.25) is 11.8 Å². The highest BCUT2D eigenvalue weighted by Gasteiger charge is 2.31. The van der Waals surface area contributed by atoms with Crippen LogP contribution in [-0.2, 0) is 0 Å². The van der Waals surface area contributed by atoms with E-state index in [1.165, 1.54) is 18.2 Å². The topological polar surface area (TPSA) is 60.2 Å². The summed E-state index contributed by atoms with van der Waals surface area (Å²) in [6, 6.07) is 19.3. The molecule has 0 bridgehead atoms. The molecule has 0 saturated heterocycles. The molecule has 5 nitrogen and oxygen atoms in total. The summed E-state index contributed by atoms with van der Waals surface area (Å²) in [4.78, 5) is 0. The number of benzene rings is 3. The van der Waals surface area contributed by atoms with Crippen LogP contribution in [0.5, 0.6) is 5.75 Å². The largest absolute Gasteiger partial charge is 0.573 e. The molecule has 1 aromatic heterocycles. The highest BCUT2D eigenvalue weighted by atomic mass is 19.4. The lowest BCUT2D eigenvalue weighted by Gasteiger charge is -2.18. The van der Waals surface area contributed by atoms with E-state index in [-0.39, 0.29) is 23.1 Å². The summed E-state index contributed by atoms with van der Waals surface area (Å²) in [7, 11) is 0. The first kappa shape index (κ1) is 20.4. The van der Waals surface area contributed by atoms with Gasteiger partial charge in [-0.15, -0.1) is 23.4 Å². The quantitative estimate of drug-likeness (QED) is 0.383. The van der Waals surface area contributed by atoms with Crippen molar-refractivity contribution in [2.75, 3.05) is 5.32 Å². The number of nitrogens with zero attached hydrogens (tertiary/aromatic N) is 2. The van der Waals surface area contributed by atoms with Gasteiger partial charge < -0.3 is 14.5 Å². The van der Waals surface area contributed by atoms with Gasteiger partial charge in [-0.1, -0.05) is 36.4 Å². The highest BCUT2D eigenvalue weighted by Crippen LogP contribution is 2.31. The van der Waals surface area contributed by atoms with Gasteiger partial charge in [-0.3, -0.25) is 0 Å². The van der Waals surface area contributed by atoms with Crippen LogP contribution >= 0.6 is 0 Å². The summed E-state index contributed by atoms with van der Waals surface area (Å²) in [5.74, 6) is -0.520. The molecule has 1 atom stereocenters. The van der Waals surface area contributed by atoms with E-state index in [0.29, 0.717) is 11.3 Å². The van der Waals surface area contributed by atoms with Gasteiger partial charge >= 0.3 is 6.36 Å². The van der Waals surface area contributed by atoms with E-state index < -0.39 is 18.2 Å². The van der Waals surface area contributed by atoms with Gasteiger partial charge in [0.05, 0.1) is 0 Å². The fourth-order valence-electron chi connectivity index (χ4n) is 2.95. The molecule has 0 radical (unpaired) electrons. The Morgan fingerprint density at radius 1 is 0.839 bits per heavy atom. The Bertz CT molecular complexity index is 1150. The lowest BCUT2D eigenvalue weighted by Crippen LogP contribution is -2.17. The molecule has 158 valence electrons. The third-order valence-corrected chi connectivity index (χ3v) is 4.32. The zero-order valence-electron chi connectivity index (χ0n) is 15.8. The van der Waals surface area contributed by atoms with Crippen LogP contribution in [0.1, 0.15) is 17.5 Å². The second-order valence-electron chi connectivity index (χ2n) is 6.48. The summed E-state index contributed by atoms with van der Waals surface area (Å²) >= 11 is 0. The fourth-order valence-corrected chi connectivity index (χ4v) is 2.95. The minimum atomic E-state index is -4.79. The molecule has 0 spiro atoms. The van der Waals surface area contributed by atoms with Crippen LogP contribution in [0, 0.1) is 5.82 Å². The zero-order chi connectivity index (χ0) is 21.8. The van der Waals surface area contributed by atoms with E-state index in [1.54, 1.807) is 30.3 Å². The smallest absolute Gasteiger partial charge is 0.418 e. The fraction of sp³-hybridized carbons (Fsp3) is 0.0909. The summed E-state index contributed by atoms with van der Waals surface area (Å²) in [5.41, 5.74) is 1.34. The normalized spacial score (nSPS) is 12.4. The average molecular weight is 429 g/mol. The van der Waals surface area contributed by atoms with E-state index in [9.17, 15) is 17.6 Å². The Hall–Kier alpha value is -3.88. The van der Waals surface area contributed by atoms with Crippen molar-refractivity contribution in [3.05, 3.63) is 96.1 Å². The Balaban J connectivity index is 1.65. The van der Waals surface area contributed by atoms with Crippen LogP contribution in [-0.4, -0.2) is 16.6 Å². The van der Waals surface area contributed by atoms with Crippen LogP contribution in [0.4, 0.5) is 23.2 Å². The number of hydrogen-bond donors (Lipinski definition) is 1. The maximum atomic E-state index is 14.5. The number of halogens is 4. The van der Waals surface area contributed by atoms with Crippen molar-refractivity contribution in [2.24, 2.45) is 0 Å². The van der Waals surface area contributed by atoms with Crippen LogP contribution < -0.4 is 10.1 Å². The third-order valence-electron chi connectivity index (χ3n) is 4.32. The Morgan fingerprint density at radius 2 is 1.52 bits per heavy atom. The standard InChI is InChI=1S/C22H15F4N3O2/c23-18-9-5-4-8-17(18)19(21-29-28-20(30-21)14-6-2-1-3-7-14)27-15-10-12-16(13-11-15)31-22(24,25)26/h1-13,19,27H/t19-/m0/s1. The molecule has 31 heavy (non-hydrogen) atoms. The predicted molar refractivity (Wildman–Crippen MR) is 105 cm³/mol. The summed E-state index contributed by atoms with van der Waals surface area (Å²) in [6.45, 7) is 0. The molecule has 0 fully saturated rings. The molecule has 9 heteroatoms. The van der Waals surface area contributed by atoms with Crippen LogP contribution in [0.25, 0.3) is 11.5 Å². The number of anilines is 1. The molecule has 0 amide bonds. The lowest BCUT2D eigenvalue weighted by atomic mass is 10.1. The third kappa shape index (κ3) is 5.00. The molecular formula is C22H15F4N3O2. The van der Waals surface area contributed by atoms with Gasteiger partial charge in [-0.2, -0.15) is 0 Å². The molecule has 1 heterocycles. The van der Waals surface area contributed by atoms with Crippen molar-refractivity contribution in [3.8, 4) is 17.2 Å².